The van der Waals surface area contributed by atoms with Gasteiger partial charge in [0.2, 0.25) is 5.78 Å². The van der Waals surface area contributed by atoms with Crippen LogP contribution >= 0.6 is 11.3 Å². The number of ether oxygens (including phenoxy) is 3. The molecule has 1 fully saturated rings. The van der Waals surface area contributed by atoms with E-state index in [4.69, 9.17) is 14.2 Å². The van der Waals surface area contributed by atoms with Gasteiger partial charge in [-0.15, -0.1) is 11.3 Å². The molecule has 2 rings (SSSR count). The molecule has 1 saturated heterocycles. The van der Waals surface area contributed by atoms with Crippen molar-refractivity contribution >= 4 is 17.1 Å². The first-order valence-corrected chi connectivity index (χ1v) is 5.56. The number of ketones is 1. The quantitative estimate of drug-likeness (QED) is 0.733. The van der Waals surface area contributed by atoms with Crippen LogP contribution in [0.25, 0.3) is 0 Å². The van der Waals surface area contributed by atoms with E-state index < -0.39 is 6.10 Å². The summed E-state index contributed by atoms with van der Waals surface area (Å²) in [6, 6.07) is 1.78. The number of carbonyl (C=O) groups excluding carboxylic acids is 1. The van der Waals surface area contributed by atoms with E-state index in [1.54, 1.807) is 13.2 Å². The third kappa shape index (κ3) is 2.19. The van der Waals surface area contributed by atoms with Crippen LogP contribution in [-0.4, -0.2) is 38.8 Å². The lowest BCUT2D eigenvalue weighted by molar-refractivity contribution is -0.0718. The highest BCUT2D eigenvalue weighted by atomic mass is 32.1. The second kappa shape index (κ2) is 4.74. The number of thiophene rings is 1. The largest absolute Gasteiger partial charge is 0.495 e. The summed E-state index contributed by atoms with van der Waals surface area (Å²) >= 11 is 1.37. The Morgan fingerprint density at radius 2 is 2.47 bits per heavy atom. The van der Waals surface area contributed by atoms with Gasteiger partial charge in [0.25, 0.3) is 0 Å². The molecule has 0 radical (unpaired) electrons. The molecule has 0 amide bonds. The van der Waals surface area contributed by atoms with E-state index in [-0.39, 0.29) is 5.78 Å². The predicted molar refractivity (Wildman–Crippen MR) is 55.8 cm³/mol. The molecule has 82 valence electrons. The molecule has 1 unspecified atom stereocenters. The fourth-order valence-corrected chi connectivity index (χ4v) is 2.27. The maximum Gasteiger partial charge on any atom is 0.207 e. The van der Waals surface area contributed by atoms with Crippen molar-refractivity contribution in [1.29, 1.82) is 0 Å². The van der Waals surface area contributed by atoms with Crippen molar-refractivity contribution in [1.82, 2.24) is 0 Å². The number of hydrogen-bond donors (Lipinski definition) is 0. The Morgan fingerprint density at radius 1 is 1.60 bits per heavy atom. The molecule has 5 heteroatoms. The molecule has 0 N–H and O–H groups in total. The Labute approximate surface area is 91.8 Å². The average Bonchev–Trinajstić information content (AvgIpc) is 2.77. The molecule has 1 aromatic heterocycles. The average molecular weight is 228 g/mol. The molecule has 0 bridgehead atoms. The maximum atomic E-state index is 12.0. The summed E-state index contributed by atoms with van der Waals surface area (Å²) in [4.78, 5) is 12.6. The van der Waals surface area contributed by atoms with Gasteiger partial charge < -0.3 is 14.2 Å². The minimum Gasteiger partial charge on any atom is -0.495 e. The van der Waals surface area contributed by atoms with Crippen LogP contribution in [0, 0.1) is 0 Å². The van der Waals surface area contributed by atoms with E-state index in [2.05, 4.69) is 0 Å². The molecule has 0 saturated carbocycles. The minimum atomic E-state index is -0.480. The molecular weight excluding hydrogens is 216 g/mol. The van der Waals surface area contributed by atoms with Crippen molar-refractivity contribution in [3.05, 3.63) is 16.3 Å². The van der Waals surface area contributed by atoms with Crippen LogP contribution in [0.2, 0.25) is 0 Å². The summed E-state index contributed by atoms with van der Waals surface area (Å²) in [5.74, 6) is 0.556. The van der Waals surface area contributed by atoms with Crippen LogP contribution in [0.15, 0.2) is 11.4 Å². The highest BCUT2D eigenvalue weighted by Crippen LogP contribution is 2.26. The fourth-order valence-electron chi connectivity index (χ4n) is 1.42. The van der Waals surface area contributed by atoms with E-state index in [1.807, 2.05) is 5.38 Å². The highest BCUT2D eigenvalue weighted by Gasteiger charge is 2.27. The van der Waals surface area contributed by atoms with Gasteiger partial charge in [0.1, 0.15) is 16.7 Å². The second-order valence-electron chi connectivity index (χ2n) is 3.12. The zero-order chi connectivity index (χ0) is 10.7. The van der Waals surface area contributed by atoms with Gasteiger partial charge in [-0.1, -0.05) is 0 Å². The molecule has 1 aromatic rings. The summed E-state index contributed by atoms with van der Waals surface area (Å²) in [6.45, 7) is 1.37. The molecule has 0 aromatic carbocycles. The molecule has 1 aliphatic heterocycles. The monoisotopic (exact) mass is 228 g/mol. The van der Waals surface area contributed by atoms with Gasteiger partial charge in [-0.2, -0.15) is 0 Å². The van der Waals surface area contributed by atoms with Gasteiger partial charge in [0, 0.05) is 0 Å². The van der Waals surface area contributed by atoms with E-state index >= 15 is 0 Å². The van der Waals surface area contributed by atoms with E-state index in [0.717, 1.165) is 0 Å². The van der Waals surface area contributed by atoms with Crippen LogP contribution in [-0.2, 0) is 9.47 Å². The topological polar surface area (TPSA) is 44.8 Å². The number of methoxy groups -OCH3 is 1. The molecule has 4 nitrogen and oxygen atoms in total. The molecule has 0 aliphatic carbocycles. The van der Waals surface area contributed by atoms with Crippen LogP contribution in [0.4, 0.5) is 0 Å². The van der Waals surface area contributed by atoms with Crippen LogP contribution in [0.1, 0.15) is 9.67 Å². The standard InChI is InChI=1S/C10H12O4S/c1-12-7-2-5-15-10(7)9(11)8-6-13-3-4-14-8/h2,5,8H,3-4,6H2,1H3. The van der Waals surface area contributed by atoms with Crippen molar-refractivity contribution in [2.45, 2.75) is 6.10 Å². The van der Waals surface area contributed by atoms with Gasteiger partial charge >= 0.3 is 0 Å². The van der Waals surface area contributed by atoms with Crippen LogP contribution < -0.4 is 4.74 Å². The lowest BCUT2D eigenvalue weighted by atomic mass is 10.2. The van der Waals surface area contributed by atoms with E-state index in [0.29, 0.717) is 30.4 Å². The summed E-state index contributed by atoms with van der Waals surface area (Å²) in [6.07, 6.45) is -0.480. The van der Waals surface area contributed by atoms with Crippen molar-refractivity contribution in [3.63, 3.8) is 0 Å². The molecule has 1 aliphatic rings. The van der Waals surface area contributed by atoms with Crippen LogP contribution in [0.3, 0.4) is 0 Å². The lowest BCUT2D eigenvalue weighted by Gasteiger charge is -2.21. The van der Waals surface area contributed by atoms with Crippen molar-refractivity contribution in [2.24, 2.45) is 0 Å². The first-order chi connectivity index (χ1) is 7.33. The SMILES string of the molecule is COc1ccsc1C(=O)C1COCCO1. The van der Waals surface area contributed by atoms with Crippen LogP contribution in [0.5, 0.6) is 5.75 Å². The number of Topliss-reactive ketones (excluding diaryl/α,β-unsaturated/α-hetero) is 1. The molecular formula is C10H12O4S. The normalized spacial score (nSPS) is 21.3. The summed E-state index contributed by atoms with van der Waals surface area (Å²) < 4.78 is 15.6. The lowest BCUT2D eigenvalue weighted by Crippen LogP contribution is -2.35. The highest BCUT2D eigenvalue weighted by molar-refractivity contribution is 7.12. The first kappa shape index (κ1) is 10.6. The Hall–Kier alpha value is -0.910. The third-order valence-electron chi connectivity index (χ3n) is 2.18. The Kier molecular flexibility index (Phi) is 3.35. The van der Waals surface area contributed by atoms with Gasteiger partial charge in [0.15, 0.2) is 0 Å². The molecule has 1 atom stereocenters. The fraction of sp³-hybridized carbons (Fsp3) is 0.500. The minimum absolute atomic E-state index is 0.0541. The summed E-state index contributed by atoms with van der Waals surface area (Å²) in [7, 11) is 1.55. The molecule has 15 heavy (non-hydrogen) atoms. The van der Waals surface area contributed by atoms with Gasteiger partial charge in [-0.25, -0.2) is 0 Å². The van der Waals surface area contributed by atoms with E-state index in [1.165, 1.54) is 11.3 Å². The molecule has 0 spiro atoms. The first-order valence-electron chi connectivity index (χ1n) is 4.68. The van der Waals surface area contributed by atoms with Crippen molar-refractivity contribution in [2.75, 3.05) is 26.9 Å². The van der Waals surface area contributed by atoms with Crippen molar-refractivity contribution in [3.8, 4) is 5.75 Å². The predicted octanol–water partition coefficient (Wildman–Crippen LogP) is 1.35. The summed E-state index contributed by atoms with van der Waals surface area (Å²) in [5, 5.41) is 1.83. The van der Waals surface area contributed by atoms with Crippen molar-refractivity contribution < 1.29 is 19.0 Å². The smallest absolute Gasteiger partial charge is 0.207 e. The number of rotatable bonds is 3. The van der Waals surface area contributed by atoms with Gasteiger partial charge in [-0.3, -0.25) is 4.79 Å². The molecule has 2 heterocycles. The van der Waals surface area contributed by atoms with E-state index in [9.17, 15) is 4.79 Å². The third-order valence-corrected chi connectivity index (χ3v) is 3.09. The Bertz CT molecular complexity index is 341. The number of carbonyl (C=O) groups is 1. The number of hydrogen-bond acceptors (Lipinski definition) is 5. The second-order valence-corrected chi connectivity index (χ2v) is 4.03. The summed E-state index contributed by atoms with van der Waals surface area (Å²) in [5.41, 5.74) is 0. The van der Waals surface area contributed by atoms with Gasteiger partial charge in [0.05, 0.1) is 26.9 Å². The Balaban J connectivity index is 2.12. The maximum absolute atomic E-state index is 12.0. The van der Waals surface area contributed by atoms with Gasteiger partial charge in [-0.05, 0) is 11.4 Å². The zero-order valence-electron chi connectivity index (χ0n) is 8.39. The Morgan fingerprint density at radius 3 is 3.13 bits per heavy atom. The zero-order valence-corrected chi connectivity index (χ0v) is 9.21.